The molecular formula is C41H50ClN5O6. The van der Waals surface area contributed by atoms with E-state index in [0.29, 0.717) is 48.1 Å². The van der Waals surface area contributed by atoms with Crippen molar-refractivity contribution in [1.29, 1.82) is 0 Å². The standard InChI is InChI=1S/C41H50ClN5O6/c1-25(2)53-36-16-13-27(17-37(36)52-4)41(51)47-22-29-21-46(38(48)18-28-20-44-35-19-30(42)14-15-31(28)35)24-33(32(29)23-47)39(49)45-34(40(50)43-3)12-8-11-26-9-6-5-7-10-26/h5-7,9-10,13-17,19-20,25,29,32-34,40,43-44,50H,8,11-12,18,21-24H2,1-4H3,(H,45,49). The Kier molecular flexibility index (Phi) is 12.3. The van der Waals surface area contributed by atoms with Crippen molar-refractivity contribution in [2.75, 3.05) is 40.3 Å². The van der Waals surface area contributed by atoms with Crippen LogP contribution in [0.4, 0.5) is 0 Å². The van der Waals surface area contributed by atoms with Crippen molar-refractivity contribution in [3.05, 3.63) is 94.6 Å². The molecule has 12 heteroatoms. The van der Waals surface area contributed by atoms with Crippen molar-refractivity contribution in [2.24, 2.45) is 17.8 Å². The Bertz CT molecular complexity index is 1900. The Morgan fingerprint density at radius 1 is 0.981 bits per heavy atom. The van der Waals surface area contributed by atoms with E-state index in [1.807, 2.05) is 50.4 Å². The minimum Gasteiger partial charge on any atom is -0.493 e. The van der Waals surface area contributed by atoms with Gasteiger partial charge in [0.1, 0.15) is 6.23 Å². The van der Waals surface area contributed by atoms with Gasteiger partial charge < -0.3 is 34.7 Å². The molecule has 11 nitrogen and oxygen atoms in total. The molecule has 0 radical (unpaired) electrons. The van der Waals surface area contributed by atoms with Gasteiger partial charge >= 0.3 is 0 Å². The summed E-state index contributed by atoms with van der Waals surface area (Å²) in [6, 6.07) is 20.3. The highest BCUT2D eigenvalue weighted by Crippen LogP contribution is 2.38. The summed E-state index contributed by atoms with van der Waals surface area (Å²) in [6.07, 6.45) is 3.09. The molecule has 282 valence electrons. The van der Waals surface area contributed by atoms with Crippen LogP contribution in [0.2, 0.25) is 5.02 Å². The first-order valence-corrected chi connectivity index (χ1v) is 18.8. The number of carbonyl (C=O) groups excluding carboxylic acids is 3. The number of ether oxygens (including phenoxy) is 2. The van der Waals surface area contributed by atoms with E-state index in [4.69, 9.17) is 21.1 Å². The minimum atomic E-state index is -0.957. The lowest BCUT2D eigenvalue weighted by atomic mass is 9.79. The average Bonchev–Trinajstić information content (AvgIpc) is 3.77. The third-order valence-corrected chi connectivity index (χ3v) is 10.8. The minimum absolute atomic E-state index is 0.0620. The number of aryl methyl sites for hydroxylation is 1. The Balaban J connectivity index is 1.22. The predicted molar refractivity (Wildman–Crippen MR) is 205 cm³/mol. The van der Waals surface area contributed by atoms with Crippen LogP contribution >= 0.6 is 11.6 Å². The monoisotopic (exact) mass is 743 g/mol. The third-order valence-electron chi connectivity index (χ3n) is 10.5. The van der Waals surface area contributed by atoms with E-state index in [9.17, 15) is 19.5 Å². The number of aliphatic hydroxyl groups is 1. The largest absolute Gasteiger partial charge is 0.493 e. The lowest BCUT2D eigenvalue weighted by molar-refractivity contribution is -0.139. The molecule has 5 atom stereocenters. The number of halogens is 1. The van der Waals surface area contributed by atoms with Gasteiger partial charge in [0.15, 0.2) is 11.5 Å². The van der Waals surface area contributed by atoms with Gasteiger partial charge in [-0.1, -0.05) is 48.0 Å². The van der Waals surface area contributed by atoms with E-state index >= 15 is 0 Å². The number of aliphatic hydroxyl groups excluding tert-OH is 1. The Morgan fingerprint density at radius 2 is 1.75 bits per heavy atom. The first kappa shape index (κ1) is 38.2. The molecule has 2 aliphatic rings. The topological polar surface area (TPSA) is 136 Å². The Hall–Kier alpha value is -4.58. The predicted octanol–water partition coefficient (Wildman–Crippen LogP) is 5.05. The number of amides is 3. The molecule has 2 saturated heterocycles. The second-order valence-electron chi connectivity index (χ2n) is 14.5. The lowest BCUT2D eigenvalue weighted by Crippen LogP contribution is -2.57. The fourth-order valence-corrected chi connectivity index (χ4v) is 7.98. The molecule has 2 aliphatic heterocycles. The zero-order chi connectivity index (χ0) is 37.6. The quantitative estimate of drug-likeness (QED) is 0.133. The fourth-order valence-electron chi connectivity index (χ4n) is 7.81. The average molecular weight is 744 g/mol. The van der Waals surface area contributed by atoms with Crippen LogP contribution < -0.4 is 20.1 Å². The molecule has 1 aromatic heterocycles. The number of likely N-dealkylation sites (N-methyl/N-ethyl adjacent to an activating group) is 1. The number of rotatable bonds is 14. The van der Waals surface area contributed by atoms with Crippen molar-refractivity contribution in [3.8, 4) is 11.5 Å². The number of nitrogens with one attached hydrogen (secondary N) is 3. The second kappa shape index (κ2) is 17.0. The summed E-state index contributed by atoms with van der Waals surface area (Å²) in [5.41, 5.74) is 3.35. The van der Waals surface area contributed by atoms with Gasteiger partial charge in [-0.25, -0.2) is 0 Å². The van der Waals surface area contributed by atoms with E-state index in [2.05, 4.69) is 27.8 Å². The smallest absolute Gasteiger partial charge is 0.254 e. The van der Waals surface area contributed by atoms with Crippen LogP contribution in [0.15, 0.2) is 72.9 Å². The third kappa shape index (κ3) is 8.97. The molecule has 5 unspecified atom stereocenters. The van der Waals surface area contributed by atoms with E-state index in [-0.39, 0.29) is 48.6 Å². The molecule has 3 heterocycles. The highest BCUT2D eigenvalue weighted by molar-refractivity contribution is 6.31. The molecule has 0 spiro atoms. The summed E-state index contributed by atoms with van der Waals surface area (Å²) >= 11 is 6.19. The zero-order valence-corrected chi connectivity index (χ0v) is 31.6. The first-order chi connectivity index (χ1) is 25.5. The molecule has 0 bridgehead atoms. The number of benzene rings is 3. The molecule has 53 heavy (non-hydrogen) atoms. The maximum Gasteiger partial charge on any atom is 0.254 e. The fraction of sp³-hybridized carbons (Fsp3) is 0.439. The molecular weight excluding hydrogens is 694 g/mol. The van der Waals surface area contributed by atoms with Gasteiger partial charge in [0.2, 0.25) is 11.8 Å². The van der Waals surface area contributed by atoms with Crippen molar-refractivity contribution in [3.63, 3.8) is 0 Å². The lowest BCUT2D eigenvalue weighted by Gasteiger charge is -2.40. The van der Waals surface area contributed by atoms with Crippen LogP contribution in [0, 0.1) is 17.8 Å². The summed E-state index contributed by atoms with van der Waals surface area (Å²) < 4.78 is 11.4. The van der Waals surface area contributed by atoms with Crippen molar-refractivity contribution in [1.82, 2.24) is 25.4 Å². The van der Waals surface area contributed by atoms with Gasteiger partial charge in [0.25, 0.3) is 5.91 Å². The summed E-state index contributed by atoms with van der Waals surface area (Å²) in [7, 11) is 3.20. The number of aromatic nitrogens is 1. The second-order valence-corrected chi connectivity index (χ2v) is 14.9. The zero-order valence-electron chi connectivity index (χ0n) is 30.8. The number of methoxy groups -OCH3 is 1. The summed E-state index contributed by atoms with van der Waals surface area (Å²) in [5.74, 6) is -0.365. The number of fused-ring (bicyclic) bond motifs is 2. The normalized spacial score (nSPS) is 19.6. The van der Waals surface area contributed by atoms with Crippen LogP contribution in [-0.4, -0.2) is 96.3 Å². The molecule has 3 amide bonds. The van der Waals surface area contributed by atoms with Gasteiger partial charge in [0, 0.05) is 53.9 Å². The van der Waals surface area contributed by atoms with Gasteiger partial charge in [0.05, 0.1) is 31.6 Å². The number of carbonyl (C=O) groups is 3. The summed E-state index contributed by atoms with van der Waals surface area (Å²) in [6.45, 7) is 5.25. The summed E-state index contributed by atoms with van der Waals surface area (Å²) in [5, 5.41) is 18.5. The summed E-state index contributed by atoms with van der Waals surface area (Å²) in [4.78, 5) is 49.1. The number of H-pyrrole nitrogens is 1. The van der Waals surface area contributed by atoms with Crippen LogP contribution in [0.25, 0.3) is 10.9 Å². The molecule has 0 saturated carbocycles. The number of nitrogens with zero attached hydrogens (tertiary/aromatic N) is 2. The maximum atomic E-state index is 14.3. The van der Waals surface area contributed by atoms with Crippen molar-refractivity contribution in [2.45, 2.75) is 57.9 Å². The Morgan fingerprint density at radius 3 is 2.49 bits per heavy atom. The van der Waals surface area contributed by atoms with E-state index < -0.39 is 18.2 Å². The number of likely N-dealkylation sites (tertiary alicyclic amines) is 2. The molecule has 4 N–H and O–H groups in total. The van der Waals surface area contributed by atoms with Crippen molar-refractivity contribution < 1.29 is 29.0 Å². The van der Waals surface area contributed by atoms with Crippen LogP contribution in [0.3, 0.4) is 0 Å². The highest BCUT2D eigenvalue weighted by atomic mass is 35.5. The van der Waals surface area contributed by atoms with Crippen molar-refractivity contribution >= 4 is 40.2 Å². The number of hydrogen-bond acceptors (Lipinski definition) is 7. The van der Waals surface area contributed by atoms with E-state index in [1.165, 1.54) is 5.56 Å². The number of piperidine rings is 1. The molecule has 6 rings (SSSR count). The molecule has 2 fully saturated rings. The Labute approximate surface area is 316 Å². The first-order valence-electron chi connectivity index (χ1n) is 18.4. The number of aromatic amines is 1. The van der Waals surface area contributed by atoms with Crippen LogP contribution in [0.1, 0.15) is 48.2 Å². The van der Waals surface area contributed by atoms with Crippen LogP contribution in [-0.2, 0) is 22.4 Å². The SMILES string of the molecule is CNC(O)C(CCCc1ccccc1)NC(=O)C1CN(C(=O)Cc2c[nH]c3cc(Cl)ccc23)CC2CN(C(=O)c3ccc(OC(C)C)c(OC)c3)CC21. The van der Waals surface area contributed by atoms with E-state index in [1.54, 1.807) is 48.2 Å². The maximum absolute atomic E-state index is 14.3. The van der Waals surface area contributed by atoms with Gasteiger partial charge in [-0.15, -0.1) is 0 Å². The van der Waals surface area contributed by atoms with E-state index in [0.717, 1.165) is 29.3 Å². The molecule has 4 aromatic rings. The van der Waals surface area contributed by atoms with Gasteiger partial charge in [-0.2, -0.15) is 0 Å². The molecule has 3 aromatic carbocycles. The van der Waals surface area contributed by atoms with Gasteiger partial charge in [-0.05, 0) is 93.5 Å². The number of hydrogen-bond donors (Lipinski definition) is 4. The van der Waals surface area contributed by atoms with Gasteiger partial charge in [-0.3, -0.25) is 19.7 Å². The molecule has 0 aliphatic carbocycles. The van der Waals surface area contributed by atoms with Crippen LogP contribution in [0.5, 0.6) is 11.5 Å². The highest BCUT2D eigenvalue weighted by Gasteiger charge is 2.48.